The summed E-state index contributed by atoms with van der Waals surface area (Å²) in [6.45, 7) is -0.0724. The van der Waals surface area contributed by atoms with Gasteiger partial charge >= 0.3 is 5.69 Å². The molecule has 0 unspecified atom stereocenters. The topological polar surface area (TPSA) is 56.0 Å². The third-order valence-electron chi connectivity index (χ3n) is 2.46. The van der Waals surface area contributed by atoms with Crippen LogP contribution in [0.2, 0.25) is 0 Å². The van der Waals surface area contributed by atoms with Crippen molar-refractivity contribution in [2.24, 2.45) is 7.05 Å². The van der Waals surface area contributed by atoms with Crippen molar-refractivity contribution in [3.8, 4) is 0 Å². The molecule has 5 nitrogen and oxygen atoms in total. The molecule has 94 valence electrons. The number of aromatic nitrogens is 2. The Labute approximate surface area is 102 Å². The molecule has 18 heavy (non-hydrogen) atoms. The Bertz CT molecular complexity index is 613. The van der Waals surface area contributed by atoms with Crippen molar-refractivity contribution < 1.29 is 9.18 Å². The number of rotatable bonds is 3. The lowest BCUT2D eigenvalue weighted by atomic mass is 10.3. The largest absolute Gasteiger partial charge is 0.328 e. The standard InChI is InChI=1S/C12H12FN3O2/c1-15-6-7-16(12(15)18)8-11(17)14-10-4-2-9(13)3-5-10/h2-7H,8H2,1H3,(H,14,17). The molecule has 0 aliphatic carbocycles. The van der Waals surface area contributed by atoms with Crippen LogP contribution in [0.3, 0.4) is 0 Å². The van der Waals surface area contributed by atoms with E-state index in [2.05, 4.69) is 5.32 Å². The average Bonchev–Trinajstić information content (AvgIpc) is 2.64. The fourth-order valence-electron chi connectivity index (χ4n) is 1.52. The van der Waals surface area contributed by atoms with Crippen LogP contribution in [0.5, 0.6) is 0 Å². The molecule has 1 aromatic carbocycles. The summed E-state index contributed by atoms with van der Waals surface area (Å²) in [6, 6.07) is 5.43. The molecular formula is C12H12FN3O2. The van der Waals surface area contributed by atoms with E-state index in [1.165, 1.54) is 39.6 Å². The zero-order chi connectivity index (χ0) is 13.1. The molecule has 0 aliphatic rings. The summed E-state index contributed by atoms with van der Waals surface area (Å²) in [4.78, 5) is 23.2. The lowest BCUT2D eigenvalue weighted by Gasteiger charge is -2.05. The highest BCUT2D eigenvalue weighted by molar-refractivity contribution is 5.90. The second-order valence-electron chi connectivity index (χ2n) is 3.87. The summed E-state index contributed by atoms with van der Waals surface area (Å²) in [5.74, 6) is -0.706. The van der Waals surface area contributed by atoms with Gasteiger partial charge in [0.25, 0.3) is 0 Å². The van der Waals surface area contributed by atoms with E-state index in [0.717, 1.165) is 0 Å². The number of imidazole rings is 1. The number of anilines is 1. The number of nitrogens with one attached hydrogen (secondary N) is 1. The fraction of sp³-hybridized carbons (Fsp3) is 0.167. The van der Waals surface area contributed by atoms with Crippen LogP contribution in [0.25, 0.3) is 0 Å². The average molecular weight is 249 g/mol. The molecule has 0 fully saturated rings. The highest BCUT2D eigenvalue weighted by Crippen LogP contribution is 2.07. The van der Waals surface area contributed by atoms with Crippen molar-refractivity contribution in [3.63, 3.8) is 0 Å². The zero-order valence-corrected chi connectivity index (χ0v) is 9.76. The van der Waals surface area contributed by atoms with E-state index < -0.39 is 0 Å². The van der Waals surface area contributed by atoms with Gasteiger partial charge in [0.15, 0.2) is 0 Å². The van der Waals surface area contributed by atoms with Crippen LogP contribution >= 0.6 is 0 Å². The SMILES string of the molecule is Cn1ccn(CC(=O)Nc2ccc(F)cc2)c1=O. The van der Waals surface area contributed by atoms with E-state index in [4.69, 9.17) is 0 Å². The summed E-state index contributed by atoms with van der Waals surface area (Å²) >= 11 is 0. The number of hydrogen-bond acceptors (Lipinski definition) is 2. The summed E-state index contributed by atoms with van der Waals surface area (Å²) in [6.07, 6.45) is 3.11. The minimum absolute atomic E-state index is 0.0724. The van der Waals surface area contributed by atoms with Crippen molar-refractivity contribution in [2.45, 2.75) is 6.54 Å². The van der Waals surface area contributed by atoms with Gasteiger partial charge in [-0.05, 0) is 24.3 Å². The van der Waals surface area contributed by atoms with Gasteiger partial charge in [-0.3, -0.25) is 9.36 Å². The predicted octanol–water partition coefficient (Wildman–Crippen LogP) is 0.965. The Hall–Kier alpha value is -2.37. The highest BCUT2D eigenvalue weighted by atomic mass is 19.1. The first-order chi connectivity index (χ1) is 8.56. The molecule has 0 spiro atoms. The Morgan fingerprint density at radius 2 is 1.94 bits per heavy atom. The third-order valence-corrected chi connectivity index (χ3v) is 2.46. The van der Waals surface area contributed by atoms with Crippen LogP contribution in [0.1, 0.15) is 0 Å². The quantitative estimate of drug-likeness (QED) is 0.881. The van der Waals surface area contributed by atoms with Crippen molar-refractivity contribution in [3.05, 3.63) is 53.0 Å². The predicted molar refractivity (Wildman–Crippen MR) is 64.7 cm³/mol. The van der Waals surface area contributed by atoms with Crippen LogP contribution in [0.4, 0.5) is 10.1 Å². The fourth-order valence-corrected chi connectivity index (χ4v) is 1.52. The maximum Gasteiger partial charge on any atom is 0.328 e. The van der Waals surface area contributed by atoms with Crippen LogP contribution in [-0.2, 0) is 18.4 Å². The molecule has 1 N–H and O–H groups in total. The number of nitrogens with zero attached hydrogens (tertiary/aromatic N) is 2. The van der Waals surface area contributed by atoms with E-state index in [1.807, 2.05) is 0 Å². The number of aryl methyl sites for hydroxylation is 1. The minimum Gasteiger partial charge on any atom is -0.325 e. The Balaban J connectivity index is 2.03. The number of benzene rings is 1. The first-order valence-electron chi connectivity index (χ1n) is 5.33. The first-order valence-corrected chi connectivity index (χ1v) is 5.33. The van der Waals surface area contributed by atoms with E-state index in [0.29, 0.717) is 5.69 Å². The molecule has 0 atom stereocenters. The Kier molecular flexibility index (Phi) is 3.27. The molecule has 1 amide bonds. The van der Waals surface area contributed by atoms with Gasteiger partial charge in [-0.25, -0.2) is 9.18 Å². The molecule has 0 bridgehead atoms. The molecule has 1 heterocycles. The molecule has 1 aromatic heterocycles. The Morgan fingerprint density at radius 1 is 1.28 bits per heavy atom. The van der Waals surface area contributed by atoms with E-state index in [-0.39, 0.29) is 24.0 Å². The number of carbonyl (C=O) groups is 1. The van der Waals surface area contributed by atoms with Gasteiger partial charge < -0.3 is 9.88 Å². The van der Waals surface area contributed by atoms with Crippen LogP contribution in [0.15, 0.2) is 41.5 Å². The maximum atomic E-state index is 12.7. The third kappa shape index (κ3) is 2.65. The molecular weight excluding hydrogens is 237 g/mol. The Morgan fingerprint density at radius 3 is 2.50 bits per heavy atom. The number of hydrogen-bond donors (Lipinski definition) is 1. The number of amides is 1. The summed E-state index contributed by atoms with van der Waals surface area (Å²) < 4.78 is 15.3. The van der Waals surface area contributed by atoms with Gasteiger partial charge in [-0.2, -0.15) is 0 Å². The smallest absolute Gasteiger partial charge is 0.325 e. The van der Waals surface area contributed by atoms with Crippen molar-refractivity contribution in [2.75, 3.05) is 5.32 Å². The molecule has 0 saturated carbocycles. The van der Waals surface area contributed by atoms with Crippen LogP contribution < -0.4 is 11.0 Å². The summed E-state index contributed by atoms with van der Waals surface area (Å²) in [5, 5.41) is 2.58. The normalized spacial score (nSPS) is 10.3. The van der Waals surface area contributed by atoms with Crippen molar-refractivity contribution >= 4 is 11.6 Å². The van der Waals surface area contributed by atoms with Gasteiger partial charge in [0, 0.05) is 25.1 Å². The number of carbonyl (C=O) groups excluding carboxylic acids is 1. The second kappa shape index (κ2) is 4.87. The van der Waals surface area contributed by atoms with Crippen LogP contribution in [-0.4, -0.2) is 15.0 Å². The summed E-state index contributed by atoms with van der Waals surface area (Å²) in [7, 11) is 1.61. The summed E-state index contributed by atoms with van der Waals surface area (Å²) in [5.41, 5.74) is 0.231. The van der Waals surface area contributed by atoms with Gasteiger partial charge in [0.1, 0.15) is 12.4 Å². The zero-order valence-electron chi connectivity index (χ0n) is 9.76. The monoisotopic (exact) mass is 249 g/mol. The second-order valence-corrected chi connectivity index (χ2v) is 3.87. The van der Waals surface area contributed by atoms with Gasteiger partial charge in [-0.15, -0.1) is 0 Å². The van der Waals surface area contributed by atoms with Gasteiger partial charge in [0.05, 0.1) is 0 Å². The molecule has 0 radical (unpaired) electrons. The molecule has 2 aromatic rings. The van der Waals surface area contributed by atoms with E-state index in [1.54, 1.807) is 13.2 Å². The van der Waals surface area contributed by atoms with E-state index >= 15 is 0 Å². The van der Waals surface area contributed by atoms with Gasteiger partial charge in [0.2, 0.25) is 5.91 Å². The highest BCUT2D eigenvalue weighted by Gasteiger charge is 2.06. The van der Waals surface area contributed by atoms with E-state index in [9.17, 15) is 14.0 Å². The molecule has 0 aliphatic heterocycles. The lowest BCUT2D eigenvalue weighted by molar-refractivity contribution is -0.116. The van der Waals surface area contributed by atoms with Crippen molar-refractivity contribution in [1.82, 2.24) is 9.13 Å². The van der Waals surface area contributed by atoms with Crippen LogP contribution in [0, 0.1) is 5.82 Å². The van der Waals surface area contributed by atoms with Gasteiger partial charge in [-0.1, -0.05) is 0 Å². The molecule has 2 rings (SSSR count). The minimum atomic E-state index is -0.368. The first kappa shape index (κ1) is 12.1. The molecule has 0 saturated heterocycles. The maximum absolute atomic E-state index is 12.7. The lowest BCUT2D eigenvalue weighted by Crippen LogP contribution is -2.28. The molecule has 6 heteroatoms. The number of halogens is 1. The van der Waals surface area contributed by atoms with Crippen molar-refractivity contribution in [1.29, 1.82) is 0 Å².